The fraction of sp³-hybridized carbons (Fsp3) is 0.238. The zero-order chi connectivity index (χ0) is 19.1. The highest BCUT2D eigenvalue weighted by molar-refractivity contribution is 7.11. The van der Waals surface area contributed by atoms with Gasteiger partial charge < -0.3 is 5.73 Å². The number of hydrogen-bond donors (Lipinski definition) is 1. The van der Waals surface area contributed by atoms with Crippen molar-refractivity contribution in [2.75, 3.05) is 6.54 Å². The number of hydrogen-bond acceptors (Lipinski definition) is 3. The van der Waals surface area contributed by atoms with E-state index in [4.69, 9.17) is 22.6 Å². The fourth-order valence-corrected chi connectivity index (χ4v) is 4.01. The normalized spacial score (nSPS) is 12.1. The first-order chi connectivity index (χ1) is 12.5. The smallest absolute Gasteiger partial charge is 0.125 e. The van der Waals surface area contributed by atoms with E-state index < -0.39 is 0 Å². The van der Waals surface area contributed by atoms with Crippen LogP contribution in [0.4, 0.5) is 0 Å². The molecule has 134 valence electrons. The molecule has 5 heteroatoms. The maximum absolute atomic E-state index is 9.11. The molecule has 26 heavy (non-hydrogen) atoms. The topological polar surface area (TPSA) is 62.2 Å². The van der Waals surface area contributed by atoms with E-state index in [0.29, 0.717) is 29.4 Å². The van der Waals surface area contributed by atoms with E-state index in [1.807, 2.05) is 31.2 Å². The highest BCUT2D eigenvalue weighted by Gasteiger charge is 2.13. The summed E-state index contributed by atoms with van der Waals surface area (Å²) in [5, 5.41) is 11.8. The van der Waals surface area contributed by atoms with Crippen LogP contribution in [0.5, 0.6) is 0 Å². The van der Waals surface area contributed by atoms with Gasteiger partial charge in [-0.05, 0) is 67.0 Å². The Morgan fingerprint density at radius 2 is 2.19 bits per heavy atom. The Morgan fingerprint density at radius 1 is 1.42 bits per heavy atom. The van der Waals surface area contributed by atoms with Crippen molar-refractivity contribution in [1.29, 1.82) is 5.26 Å². The van der Waals surface area contributed by atoms with E-state index in [0.717, 1.165) is 23.1 Å². The highest BCUT2D eigenvalue weighted by Crippen LogP contribution is 2.31. The number of aliphatic imine (C=N–C) groups is 1. The van der Waals surface area contributed by atoms with Gasteiger partial charge in [-0.2, -0.15) is 5.26 Å². The zero-order valence-electron chi connectivity index (χ0n) is 15.1. The second-order valence-corrected chi connectivity index (χ2v) is 7.19. The van der Waals surface area contributed by atoms with E-state index in [1.165, 1.54) is 10.4 Å². The Balaban J connectivity index is 2.37. The number of nitrogens with zero attached hydrogens (tertiary/aromatic N) is 2. The maximum atomic E-state index is 9.11. The number of allylic oxidation sites excluding steroid dienone is 3. The van der Waals surface area contributed by atoms with E-state index in [1.54, 1.807) is 11.3 Å². The molecule has 0 fully saturated rings. The van der Waals surface area contributed by atoms with Gasteiger partial charge in [0.25, 0.3) is 0 Å². The van der Waals surface area contributed by atoms with Gasteiger partial charge in [0, 0.05) is 27.6 Å². The van der Waals surface area contributed by atoms with Crippen LogP contribution in [0.2, 0.25) is 5.02 Å². The van der Waals surface area contributed by atoms with Crippen molar-refractivity contribution in [1.82, 2.24) is 0 Å². The number of aryl methyl sites for hydroxylation is 1. The molecule has 1 heterocycles. The third-order valence-corrected chi connectivity index (χ3v) is 5.46. The lowest BCUT2D eigenvalue weighted by atomic mass is 9.96. The lowest BCUT2D eigenvalue weighted by Gasteiger charge is -2.13. The standard InChI is InChI=1S/C21H22ClN3S/c1-4-25-21(24)18-6-5-7-19(22)17(18)9-8-16(12-14(2)13-23)20-15(3)10-11-26-20/h5-7,10-12H,2,4,8-9H2,1,3H3,(H2,24,25)/b16-12-. The molecule has 0 aliphatic rings. The molecule has 1 aromatic carbocycles. The first-order valence-corrected chi connectivity index (χ1v) is 9.65. The summed E-state index contributed by atoms with van der Waals surface area (Å²) in [4.78, 5) is 5.49. The molecule has 0 unspecified atom stereocenters. The van der Waals surface area contributed by atoms with Crippen molar-refractivity contribution in [2.24, 2.45) is 10.7 Å². The minimum absolute atomic E-state index is 0.444. The Kier molecular flexibility index (Phi) is 7.20. The molecule has 0 aliphatic carbocycles. The second-order valence-electron chi connectivity index (χ2n) is 5.86. The number of thiophene rings is 1. The summed E-state index contributed by atoms with van der Waals surface area (Å²) in [6.45, 7) is 8.44. The van der Waals surface area contributed by atoms with Gasteiger partial charge in [-0.25, -0.2) is 0 Å². The van der Waals surface area contributed by atoms with Gasteiger partial charge >= 0.3 is 0 Å². The molecule has 2 rings (SSSR count). The van der Waals surface area contributed by atoms with Crippen molar-refractivity contribution < 1.29 is 0 Å². The van der Waals surface area contributed by atoms with Crippen LogP contribution in [0.25, 0.3) is 5.57 Å². The summed E-state index contributed by atoms with van der Waals surface area (Å²) in [5.74, 6) is 0.504. The van der Waals surface area contributed by atoms with E-state index >= 15 is 0 Å². The Hall–Kier alpha value is -2.35. The largest absolute Gasteiger partial charge is 0.383 e. The Morgan fingerprint density at radius 3 is 2.81 bits per heavy atom. The predicted octanol–water partition coefficient (Wildman–Crippen LogP) is 5.53. The predicted molar refractivity (Wildman–Crippen MR) is 113 cm³/mol. The van der Waals surface area contributed by atoms with Crippen LogP contribution >= 0.6 is 22.9 Å². The van der Waals surface area contributed by atoms with Gasteiger partial charge in [-0.1, -0.05) is 30.3 Å². The Labute approximate surface area is 164 Å². The first kappa shape index (κ1) is 20.0. The van der Waals surface area contributed by atoms with Crippen LogP contribution in [0.1, 0.15) is 34.9 Å². The van der Waals surface area contributed by atoms with E-state index in [2.05, 4.69) is 36.0 Å². The monoisotopic (exact) mass is 383 g/mol. The summed E-state index contributed by atoms with van der Waals surface area (Å²) in [6.07, 6.45) is 3.30. The number of halogens is 1. The molecule has 2 N–H and O–H groups in total. The lowest BCUT2D eigenvalue weighted by Crippen LogP contribution is -2.16. The highest BCUT2D eigenvalue weighted by atomic mass is 35.5. The average Bonchev–Trinajstić information content (AvgIpc) is 3.05. The molecule has 0 bridgehead atoms. The third-order valence-electron chi connectivity index (χ3n) is 4.01. The van der Waals surface area contributed by atoms with Gasteiger partial charge in [0.05, 0.1) is 6.07 Å². The van der Waals surface area contributed by atoms with Crippen LogP contribution in [0.15, 0.2) is 52.9 Å². The quantitative estimate of drug-likeness (QED) is 0.295. The number of benzene rings is 1. The summed E-state index contributed by atoms with van der Waals surface area (Å²) in [5.41, 5.74) is 10.7. The van der Waals surface area contributed by atoms with Gasteiger partial charge in [-0.3, -0.25) is 4.99 Å². The minimum Gasteiger partial charge on any atom is -0.383 e. The number of nitrogens with two attached hydrogens (primary N) is 1. The first-order valence-electron chi connectivity index (χ1n) is 8.39. The Bertz CT molecular complexity index is 900. The van der Waals surface area contributed by atoms with Crippen LogP contribution in [-0.4, -0.2) is 12.4 Å². The summed E-state index contributed by atoms with van der Waals surface area (Å²) in [7, 11) is 0. The molecule has 0 amide bonds. The maximum Gasteiger partial charge on any atom is 0.125 e. The van der Waals surface area contributed by atoms with Gasteiger partial charge in [0.1, 0.15) is 5.84 Å². The average molecular weight is 384 g/mol. The molecule has 1 aromatic heterocycles. The molecule has 2 aromatic rings. The molecular formula is C21H22ClN3S. The van der Waals surface area contributed by atoms with Crippen LogP contribution in [-0.2, 0) is 6.42 Å². The molecular weight excluding hydrogens is 362 g/mol. The third kappa shape index (κ3) is 4.85. The molecule has 0 aliphatic heterocycles. The van der Waals surface area contributed by atoms with Crippen LogP contribution in [0, 0.1) is 18.3 Å². The number of nitriles is 1. The fourth-order valence-electron chi connectivity index (χ4n) is 2.76. The molecule has 0 spiro atoms. The minimum atomic E-state index is 0.444. The van der Waals surface area contributed by atoms with E-state index in [9.17, 15) is 0 Å². The van der Waals surface area contributed by atoms with Gasteiger partial charge in [-0.15, -0.1) is 11.3 Å². The van der Waals surface area contributed by atoms with Crippen LogP contribution in [0.3, 0.4) is 0 Å². The SMILES string of the molecule is C=C(C#N)/C=C(/CCc1c(Cl)cccc1C(N)=NCC)c1sccc1C. The zero-order valence-corrected chi connectivity index (χ0v) is 16.6. The molecule has 3 nitrogen and oxygen atoms in total. The molecule has 0 radical (unpaired) electrons. The number of rotatable bonds is 7. The summed E-state index contributed by atoms with van der Waals surface area (Å²) >= 11 is 8.12. The molecule has 0 saturated heterocycles. The second kappa shape index (κ2) is 9.38. The molecule has 0 saturated carbocycles. The van der Waals surface area contributed by atoms with Crippen molar-refractivity contribution in [3.8, 4) is 6.07 Å². The van der Waals surface area contributed by atoms with E-state index in [-0.39, 0.29) is 0 Å². The summed E-state index contributed by atoms with van der Waals surface area (Å²) in [6, 6.07) is 9.88. The van der Waals surface area contributed by atoms with Crippen LogP contribution < -0.4 is 5.73 Å². The molecule has 0 atom stereocenters. The number of amidine groups is 1. The van der Waals surface area contributed by atoms with Gasteiger partial charge in [0.15, 0.2) is 0 Å². The van der Waals surface area contributed by atoms with Gasteiger partial charge in [0.2, 0.25) is 0 Å². The van der Waals surface area contributed by atoms with Crippen molar-refractivity contribution in [2.45, 2.75) is 26.7 Å². The van der Waals surface area contributed by atoms with Crippen molar-refractivity contribution in [3.05, 3.63) is 74.5 Å². The lowest BCUT2D eigenvalue weighted by molar-refractivity contribution is 1.01. The van der Waals surface area contributed by atoms with Crippen molar-refractivity contribution in [3.63, 3.8) is 0 Å². The summed E-state index contributed by atoms with van der Waals surface area (Å²) < 4.78 is 0. The van der Waals surface area contributed by atoms with Crippen molar-refractivity contribution >= 4 is 34.3 Å².